The summed E-state index contributed by atoms with van der Waals surface area (Å²) in [5.41, 5.74) is 5.70. The first kappa shape index (κ1) is 14.3. The van der Waals surface area contributed by atoms with Gasteiger partial charge in [-0.2, -0.15) is 0 Å². The number of thioether (sulfide) groups is 1. The molecule has 1 atom stereocenters. The summed E-state index contributed by atoms with van der Waals surface area (Å²) in [5.74, 6) is -2.07. The van der Waals surface area contributed by atoms with Crippen LogP contribution in [0.5, 0.6) is 0 Å². The molecule has 18 heavy (non-hydrogen) atoms. The molecule has 98 valence electrons. The summed E-state index contributed by atoms with van der Waals surface area (Å²) in [5, 5.41) is 11.1. The zero-order valence-corrected chi connectivity index (χ0v) is 10.5. The second kappa shape index (κ2) is 6.25. The average Bonchev–Trinajstić information content (AvgIpc) is 2.25. The molecule has 0 saturated heterocycles. The molecule has 0 aliphatic rings. The molecule has 0 saturated carbocycles. The van der Waals surface area contributed by atoms with Gasteiger partial charge < -0.3 is 16.2 Å². The van der Waals surface area contributed by atoms with Crippen LogP contribution in [-0.4, -0.2) is 28.8 Å². The Morgan fingerprint density at radius 3 is 2.72 bits per heavy atom. The van der Waals surface area contributed by atoms with E-state index in [1.165, 1.54) is 19.1 Å². The van der Waals surface area contributed by atoms with E-state index in [9.17, 15) is 14.0 Å². The molecule has 0 heterocycles. The topological polar surface area (TPSA) is 92.4 Å². The van der Waals surface area contributed by atoms with Crippen molar-refractivity contribution in [2.45, 2.75) is 17.9 Å². The number of anilines is 1. The zero-order valence-electron chi connectivity index (χ0n) is 9.64. The van der Waals surface area contributed by atoms with Crippen LogP contribution in [0, 0.1) is 5.82 Å². The molecule has 0 aliphatic heterocycles. The summed E-state index contributed by atoms with van der Waals surface area (Å²) < 4.78 is 13.4. The average molecular weight is 272 g/mol. The lowest BCUT2D eigenvalue weighted by Gasteiger charge is -2.13. The van der Waals surface area contributed by atoms with Crippen molar-refractivity contribution < 1.29 is 19.1 Å². The maximum Gasteiger partial charge on any atom is 0.327 e. The number of rotatable bonds is 5. The van der Waals surface area contributed by atoms with Crippen LogP contribution in [0.4, 0.5) is 10.1 Å². The number of carboxylic acids is 1. The summed E-state index contributed by atoms with van der Waals surface area (Å²) in [4.78, 5) is 22.0. The highest BCUT2D eigenvalue weighted by Crippen LogP contribution is 2.24. The van der Waals surface area contributed by atoms with Crippen molar-refractivity contribution in [1.82, 2.24) is 5.32 Å². The fraction of sp³-hybridized carbons (Fsp3) is 0.273. The number of carbonyl (C=O) groups excluding carboxylic acids is 1. The number of nitrogens with one attached hydrogen (secondary N) is 1. The Hall–Kier alpha value is -1.76. The predicted octanol–water partition coefficient (Wildman–Crippen LogP) is 1.09. The number of carbonyl (C=O) groups is 2. The molecule has 0 bridgehead atoms. The zero-order chi connectivity index (χ0) is 13.7. The molecular formula is C11H13FN2O3S. The standard InChI is InChI=1S/C11H13FN2O3S/c1-6(15)14-9(11(16)17)5-18-10-3-2-7(13)4-8(10)12/h2-4,9H,5,13H2,1H3,(H,14,15)(H,16,17). The van der Waals surface area contributed by atoms with Crippen molar-refractivity contribution in [2.75, 3.05) is 11.5 Å². The van der Waals surface area contributed by atoms with E-state index in [4.69, 9.17) is 10.8 Å². The van der Waals surface area contributed by atoms with Crippen molar-refractivity contribution >= 4 is 29.3 Å². The van der Waals surface area contributed by atoms with Gasteiger partial charge in [-0.15, -0.1) is 11.8 Å². The lowest BCUT2D eigenvalue weighted by molar-refractivity contribution is -0.140. The molecule has 1 aromatic carbocycles. The van der Waals surface area contributed by atoms with Gasteiger partial charge in [-0.3, -0.25) is 4.79 Å². The highest BCUT2D eigenvalue weighted by atomic mass is 32.2. The lowest BCUT2D eigenvalue weighted by Crippen LogP contribution is -2.41. The van der Waals surface area contributed by atoms with Gasteiger partial charge in [-0.05, 0) is 18.2 Å². The Morgan fingerprint density at radius 2 is 2.22 bits per heavy atom. The summed E-state index contributed by atoms with van der Waals surface area (Å²) in [6, 6.07) is 3.11. The quantitative estimate of drug-likeness (QED) is 0.551. The first-order valence-electron chi connectivity index (χ1n) is 5.08. The fourth-order valence-corrected chi connectivity index (χ4v) is 2.16. The van der Waals surface area contributed by atoms with Crippen LogP contribution in [-0.2, 0) is 9.59 Å². The Morgan fingerprint density at radius 1 is 1.56 bits per heavy atom. The number of nitrogen functional groups attached to an aromatic ring is 1. The van der Waals surface area contributed by atoms with Crippen LogP contribution in [0.25, 0.3) is 0 Å². The molecule has 7 heteroatoms. The number of hydrogen-bond donors (Lipinski definition) is 3. The van der Waals surface area contributed by atoms with Crippen molar-refractivity contribution in [3.05, 3.63) is 24.0 Å². The van der Waals surface area contributed by atoms with Crippen LogP contribution in [0.1, 0.15) is 6.92 Å². The lowest BCUT2D eigenvalue weighted by atomic mass is 10.3. The summed E-state index contributed by atoms with van der Waals surface area (Å²) >= 11 is 1.01. The number of hydrogen-bond acceptors (Lipinski definition) is 4. The number of amides is 1. The highest BCUT2D eigenvalue weighted by molar-refractivity contribution is 7.99. The van der Waals surface area contributed by atoms with Crippen LogP contribution >= 0.6 is 11.8 Å². The normalized spacial score (nSPS) is 11.9. The number of nitrogens with two attached hydrogens (primary N) is 1. The number of aliphatic carboxylic acids is 1. The largest absolute Gasteiger partial charge is 0.480 e. The van der Waals surface area contributed by atoms with Crippen molar-refractivity contribution in [1.29, 1.82) is 0 Å². The van der Waals surface area contributed by atoms with Gasteiger partial charge in [-0.25, -0.2) is 9.18 Å². The fourth-order valence-electron chi connectivity index (χ4n) is 1.23. The SMILES string of the molecule is CC(=O)NC(CSc1ccc(N)cc1F)C(=O)O. The third-order valence-electron chi connectivity index (χ3n) is 2.04. The van der Waals surface area contributed by atoms with E-state index in [0.29, 0.717) is 10.6 Å². The predicted molar refractivity (Wildman–Crippen MR) is 66.8 cm³/mol. The maximum absolute atomic E-state index is 13.4. The minimum absolute atomic E-state index is 0.0375. The Kier molecular flexibility index (Phi) is 4.96. The third-order valence-corrected chi connectivity index (χ3v) is 3.18. The summed E-state index contributed by atoms with van der Waals surface area (Å²) in [6.45, 7) is 1.23. The molecule has 0 fully saturated rings. The number of halogens is 1. The molecule has 1 unspecified atom stereocenters. The van der Waals surface area contributed by atoms with Gasteiger partial charge in [0.2, 0.25) is 5.91 Å². The van der Waals surface area contributed by atoms with E-state index in [-0.39, 0.29) is 5.75 Å². The number of carboxylic acid groups (broad SMARTS) is 1. The minimum Gasteiger partial charge on any atom is -0.480 e. The van der Waals surface area contributed by atoms with Gasteiger partial charge in [0.05, 0.1) is 0 Å². The van der Waals surface area contributed by atoms with E-state index < -0.39 is 23.7 Å². The molecule has 0 aromatic heterocycles. The van der Waals surface area contributed by atoms with Crippen LogP contribution in [0.15, 0.2) is 23.1 Å². The molecule has 0 radical (unpaired) electrons. The second-order valence-corrected chi connectivity index (χ2v) is 4.65. The Bertz CT molecular complexity index is 468. The Labute approximate surface area is 108 Å². The molecule has 1 rings (SSSR count). The second-order valence-electron chi connectivity index (χ2n) is 3.59. The van der Waals surface area contributed by atoms with Gasteiger partial charge in [0.25, 0.3) is 0 Å². The first-order chi connectivity index (χ1) is 8.40. The number of benzene rings is 1. The molecule has 0 spiro atoms. The molecule has 0 aliphatic carbocycles. The van der Waals surface area contributed by atoms with E-state index >= 15 is 0 Å². The monoisotopic (exact) mass is 272 g/mol. The van der Waals surface area contributed by atoms with Gasteiger partial charge in [-0.1, -0.05) is 0 Å². The third kappa shape index (κ3) is 4.25. The van der Waals surface area contributed by atoms with Gasteiger partial charge in [0, 0.05) is 23.3 Å². The molecule has 1 amide bonds. The van der Waals surface area contributed by atoms with E-state index in [1.54, 1.807) is 0 Å². The van der Waals surface area contributed by atoms with Crippen molar-refractivity contribution in [2.24, 2.45) is 0 Å². The molecule has 5 nitrogen and oxygen atoms in total. The van der Waals surface area contributed by atoms with Gasteiger partial charge >= 0.3 is 5.97 Å². The van der Waals surface area contributed by atoms with Crippen molar-refractivity contribution in [3.8, 4) is 0 Å². The molecule has 4 N–H and O–H groups in total. The maximum atomic E-state index is 13.4. The molecule has 1 aromatic rings. The highest BCUT2D eigenvalue weighted by Gasteiger charge is 2.19. The van der Waals surface area contributed by atoms with E-state index in [1.807, 2.05) is 0 Å². The summed E-state index contributed by atoms with van der Waals surface area (Å²) in [7, 11) is 0. The minimum atomic E-state index is -1.16. The summed E-state index contributed by atoms with van der Waals surface area (Å²) in [6.07, 6.45) is 0. The van der Waals surface area contributed by atoms with E-state index in [2.05, 4.69) is 5.32 Å². The van der Waals surface area contributed by atoms with Crippen molar-refractivity contribution in [3.63, 3.8) is 0 Å². The van der Waals surface area contributed by atoms with Gasteiger partial charge in [0.1, 0.15) is 11.9 Å². The van der Waals surface area contributed by atoms with Crippen LogP contribution in [0.2, 0.25) is 0 Å². The van der Waals surface area contributed by atoms with Crippen LogP contribution < -0.4 is 11.1 Å². The smallest absolute Gasteiger partial charge is 0.327 e. The van der Waals surface area contributed by atoms with E-state index in [0.717, 1.165) is 17.8 Å². The first-order valence-corrected chi connectivity index (χ1v) is 6.06. The van der Waals surface area contributed by atoms with Crippen LogP contribution in [0.3, 0.4) is 0 Å². The van der Waals surface area contributed by atoms with Gasteiger partial charge in [0.15, 0.2) is 0 Å². The Balaban J connectivity index is 2.66. The molecular weight excluding hydrogens is 259 g/mol.